The maximum Gasteiger partial charge on any atom is 0.268 e. The molecule has 3 aromatic rings. The van der Waals surface area contributed by atoms with Gasteiger partial charge < -0.3 is 9.72 Å². The highest BCUT2D eigenvalue weighted by molar-refractivity contribution is 7.17. The average Bonchev–Trinajstić information content (AvgIpc) is 2.94. The molecule has 0 atom stereocenters. The van der Waals surface area contributed by atoms with Crippen LogP contribution in [-0.4, -0.2) is 16.3 Å². The zero-order chi connectivity index (χ0) is 13.9. The maximum atomic E-state index is 11.8. The zero-order valence-corrected chi connectivity index (χ0v) is 11.1. The van der Waals surface area contributed by atoms with Crippen LogP contribution in [0.4, 0.5) is 0 Å². The lowest BCUT2D eigenvalue weighted by atomic mass is 10.2. The Balaban J connectivity index is 1.82. The van der Waals surface area contributed by atoms with Gasteiger partial charge in [0, 0.05) is 5.56 Å². The van der Waals surface area contributed by atoms with Gasteiger partial charge in [0.25, 0.3) is 5.56 Å². The quantitative estimate of drug-likeness (QED) is 0.747. The number of rotatable bonds is 4. The first-order valence-electron chi connectivity index (χ1n) is 5.91. The van der Waals surface area contributed by atoms with Crippen molar-refractivity contribution in [1.82, 2.24) is 9.97 Å². The third kappa shape index (κ3) is 2.46. The Morgan fingerprint density at radius 1 is 1.35 bits per heavy atom. The fourth-order valence-electron chi connectivity index (χ4n) is 1.82. The van der Waals surface area contributed by atoms with E-state index in [1.165, 1.54) is 11.3 Å². The third-order valence-corrected chi connectivity index (χ3v) is 3.64. The number of hydrogen-bond acceptors (Lipinski definition) is 5. The van der Waals surface area contributed by atoms with Gasteiger partial charge in [-0.15, -0.1) is 11.3 Å². The largest absolute Gasteiger partial charge is 0.486 e. The minimum atomic E-state index is -0.162. The summed E-state index contributed by atoms with van der Waals surface area (Å²) in [6.07, 6.45) is 0.754. The summed E-state index contributed by atoms with van der Waals surface area (Å²) >= 11 is 1.36. The van der Waals surface area contributed by atoms with Gasteiger partial charge in [-0.25, -0.2) is 4.98 Å². The summed E-state index contributed by atoms with van der Waals surface area (Å²) in [5, 5.41) is 1.82. The number of H-pyrrole nitrogens is 1. The van der Waals surface area contributed by atoms with Gasteiger partial charge in [0.05, 0.1) is 5.52 Å². The number of fused-ring (bicyclic) bond motifs is 1. The lowest BCUT2D eigenvalue weighted by Gasteiger charge is -2.06. The number of aromatic amines is 1. The molecule has 20 heavy (non-hydrogen) atoms. The van der Waals surface area contributed by atoms with Crippen LogP contribution in [-0.2, 0) is 6.61 Å². The lowest BCUT2D eigenvalue weighted by Crippen LogP contribution is -2.12. The van der Waals surface area contributed by atoms with Gasteiger partial charge in [0.15, 0.2) is 0 Å². The highest BCUT2D eigenvalue weighted by Crippen LogP contribution is 2.16. The van der Waals surface area contributed by atoms with E-state index >= 15 is 0 Å². The SMILES string of the molecule is O=Cc1cccc(OCc2nc3ccsc3c(=O)[nH]2)c1. The molecule has 0 aliphatic carbocycles. The van der Waals surface area contributed by atoms with Gasteiger partial charge in [-0.05, 0) is 23.6 Å². The van der Waals surface area contributed by atoms with Gasteiger partial charge in [0.1, 0.15) is 29.2 Å². The summed E-state index contributed by atoms with van der Waals surface area (Å²) in [6, 6.07) is 8.60. The van der Waals surface area contributed by atoms with Crippen LogP contribution in [0.1, 0.15) is 16.2 Å². The molecule has 100 valence electrons. The molecule has 0 aliphatic rings. The first-order chi connectivity index (χ1) is 9.76. The summed E-state index contributed by atoms with van der Waals surface area (Å²) < 4.78 is 6.13. The van der Waals surface area contributed by atoms with E-state index in [9.17, 15) is 9.59 Å². The van der Waals surface area contributed by atoms with E-state index in [0.29, 0.717) is 27.4 Å². The predicted molar refractivity (Wildman–Crippen MR) is 76.4 cm³/mol. The fourth-order valence-corrected chi connectivity index (χ4v) is 2.54. The Kier molecular flexibility index (Phi) is 3.30. The molecule has 5 nitrogen and oxygen atoms in total. The van der Waals surface area contributed by atoms with Crippen LogP contribution in [0.2, 0.25) is 0 Å². The second-order valence-electron chi connectivity index (χ2n) is 4.13. The highest BCUT2D eigenvalue weighted by atomic mass is 32.1. The Hall–Kier alpha value is -2.47. The zero-order valence-electron chi connectivity index (χ0n) is 10.3. The van der Waals surface area contributed by atoms with E-state index < -0.39 is 0 Å². The summed E-state index contributed by atoms with van der Waals surface area (Å²) in [7, 11) is 0. The van der Waals surface area contributed by atoms with Crippen molar-refractivity contribution in [3.05, 3.63) is 57.5 Å². The summed E-state index contributed by atoms with van der Waals surface area (Å²) in [5.41, 5.74) is 1.04. The molecule has 0 spiro atoms. The number of nitrogens with one attached hydrogen (secondary N) is 1. The number of benzene rings is 1. The first-order valence-corrected chi connectivity index (χ1v) is 6.78. The predicted octanol–water partition coefficient (Wildman–Crippen LogP) is 2.38. The molecule has 0 amide bonds. The van der Waals surface area contributed by atoms with Gasteiger partial charge in [-0.1, -0.05) is 12.1 Å². The van der Waals surface area contributed by atoms with E-state index in [4.69, 9.17) is 4.74 Å². The van der Waals surface area contributed by atoms with E-state index in [-0.39, 0.29) is 12.2 Å². The van der Waals surface area contributed by atoms with Crippen molar-refractivity contribution < 1.29 is 9.53 Å². The highest BCUT2D eigenvalue weighted by Gasteiger charge is 2.05. The number of hydrogen-bond donors (Lipinski definition) is 1. The van der Waals surface area contributed by atoms with Crippen molar-refractivity contribution in [2.75, 3.05) is 0 Å². The number of aromatic nitrogens is 2. The van der Waals surface area contributed by atoms with Crippen LogP contribution < -0.4 is 10.3 Å². The minimum absolute atomic E-state index is 0.142. The normalized spacial score (nSPS) is 10.6. The molecule has 0 radical (unpaired) electrons. The van der Waals surface area contributed by atoms with E-state index in [2.05, 4.69) is 9.97 Å². The average molecular weight is 286 g/mol. The van der Waals surface area contributed by atoms with Gasteiger partial charge in [-0.3, -0.25) is 9.59 Å². The van der Waals surface area contributed by atoms with Crippen LogP contribution in [0.25, 0.3) is 10.2 Å². The van der Waals surface area contributed by atoms with Crippen LogP contribution in [0.3, 0.4) is 0 Å². The topological polar surface area (TPSA) is 72.0 Å². The van der Waals surface area contributed by atoms with E-state index in [0.717, 1.165) is 6.29 Å². The standard InChI is InChI=1S/C14H10N2O3S/c17-7-9-2-1-3-10(6-9)19-8-12-15-11-4-5-20-13(11)14(18)16-12/h1-7H,8H2,(H,15,16,18). The fraction of sp³-hybridized carbons (Fsp3) is 0.0714. The lowest BCUT2D eigenvalue weighted by molar-refractivity contribution is 0.112. The van der Waals surface area contributed by atoms with Gasteiger partial charge in [-0.2, -0.15) is 0 Å². The number of carbonyl (C=O) groups is 1. The maximum absolute atomic E-state index is 11.8. The van der Waals surface area contributed by atoms with Crippen molar-refractivity contribution in [3.63, 3.8) is 0 Å². The van der Waals surface area contributed by atoms with E-state index in [1.807, 2.05) is 5.38 Å². The van der Waals surface area contributed by atoms with Crippen molar-refractivity contribution in [2.45, 2.75) is 6.61 Å². The molecule has 0 aliphatic heterocycles. The van der Waals surface area contributed by atoms with Crippen molar-refractivity contribution in [3.8, 4) is 5.75 Å². The minimum Gasteiger partial charge on any atom is -0.486 e. The number of ether oxygens (including phenoxy) is 1. The van der Waals surface area contributed by atoms with E-state index in [1.54, 1.807) is 30.3 Å². The van der Waals surface area contributed by atoms with Crippen molar-refractivity contribution in [1.29, 1.82) is 0 Å². The molecule has 0 unspecified atom stereocenters. The molecule has 3 rings (SSSR count). The number of thiophene rings is 1. The van der Waals surface area contributed by atoms with Crippen LogP contribution in [0, 0.1) is 0 Å². The molecule has 2 aromatic heterocycles. The monoisotopic (exact) mass is 286 g/mol. The van der Waals surface area contributed by atoms with Crippen LogP contribution in [0.5, 0.6) is 5.75 Å². The summed E-state index contributed by atoms with van der Waals surface area (Å²) in [6.45, 7) is 0.142. The molecule has 0 saturated heterocycles. The van der Waals surface area contributed by atoms with Crippen LogP contribution >= 0.6 is 11.3 Å². The number of aldehydes is 1. The molecule has 1 aromatic carbocycles. The smallest absolute Gasteiger partial charge is 0.268 e. The Bertz CT molecular complexity index is 822. The number of carbonyl (C=O) groups excluding carboxylic acids is 1. The molecule has 6 heteroatoms. The molecule has 0 fully saturated rings. The van der Waals surface area contributed by atoms with Crippen molar-refractivity contribution >= 4 is 27.8 Å². The van der Waals surface area contributed by atoms with Gasteiger partial charge in [0.2, 0.25) is 0 Å². The molecule has 1 N–H and O–H groups in total. The first kappa shape index (κ1) is 12.6. The molecular formula is C14H10N2O3S. The van der Waals surface area contributed by atoms with Gasteiger partial charge >= 0.3 is 0 Å². The van der Waals surface area contributed by atoms with Crippen LogP contribution in [0.15, 0.2) is 40.5 Å². The molecular weight excluding hydrogens is 276 g/mol. The third-order valence-electron chi connectivity index (χ3n) is 2.73. The second-order valence-corrected chi connectivity index (χ2v) is 5.04. The molecule has 2 heterocycles. The Morgan fingerprint density at radius 2 is 2.25 bits per heavy atom. The molecule has 0 saturated carbocycles. The Morgan fingerprint density at radius 3 is 3.10 bits per heavy atom. The molecule has 0 bridgehead atoms. The van der Waals surface area contributed by atoms with Crippen molar-refractivity contribution in [2.24, 2.45) is 0 Å². The number of nitrogens with zero attached hydrogens (tertiary/aromatic N) is 1. The second kappa shape index (κ2) is 5.26. The Labute approximate surface area is 117 Å². The summed E-state index contributed by atoms with van der Waals surface area (Å²) in [5.74, 6) is 1.01. The summed E-state index contributed by atoms with van der Waals surface area (Å²) in [4.78, 5) is 29.5.